The normalized spacial score (nSPS) is 42.1. The molecule has 0 aromatic heterocycles. The highest BCUT2D eigenvalue weighted by Gasteiger charge is 2.42. The summed E-state index contributed by atoms with van der Waals surface area (Å²) in [4.78, 5) is 14.0. The van der Waals surface area contributed by atoms with E-state index in [0.29, 0.717) is 5.78 Å². The number of piperazine rings is 1. The molecule has 3 rings (SSSR count). The van der Waals surface area contributed by atoms with E-state index in [2.05, 4.69) is 10.2 Å². The van der Waals surface area contributed by atoms with Crippen LogP contribution in [0.25, 0.3) is 0 Å². The van der Waals surface area contributed by atoms with Gasteiger partial charge in [-0.05, 0) is 24.7 Å². The van der Waals surface area contributed by atoms with Gasteiger partial charge in [-0.25, -0.2) is 0 Å². The van der Waals surface area contributed by atoms with Gasteiger partial charge >= 0.3 is 0 Å². The van der Waals surface area contributed by atoms with Crippen molar-refractivity contribution in [2.75, 3.05) is 26.2 Å². The third-order valence-electron chi connectivity index (χ3n) is 4.46. The Morgan fingerprint density at radius 1 is 1.07 bits per heavy atom. The number of rotatable bonds is 1. The maximum atomic E-state index is 11.3. The van der Waals surface area contributed by atoms with E-state index in [-0.39, 0.29) is 0 Å². The van der Waals surface area contributed by atoms with E-state index >= 15 is 0 Å². The van der Waals surface area contributed by atoms with Gasteiger partial charge in [-0.3, -0.25) is 9.69 Å². The first-order valence-corrected chi connectivity index (χ1v) is 6.29. The molecule has 1 heterocycles. The van der Waals surface area contributed by atoms with E-state index in [0.717, 1.165) is 43.8 Å². The summed E-state index contributed by atoms with van der Waals surface area (Å²) in [5, 5.41) is 3.40. The average Bonchev–Trinajstić information content (AvgIpc) is 2.76. The lowest BCUT2D eigenvalue weighted by Crippen LogP contribution is -2.47. The van der Waals surface area contributed by atoms with Crippen LogP contribution in [0.3, 0.4) is 0 Å². The van der Waals surface area contributed by atoms with Crippen LogP contribution in [0.1, 0.15) is 25.7 Å². The Kier molecular flexibility index (Phi) is 2.53. The van der Waals surface area contributed by atoms with E-state index in [1.807, 2.05) is 0 Å². The predicted octanol–water partition coefficient (Wildman–Crippen LogP) is 0.649. The van der Waals surface area contributed by atoms with E-state index in [4.69, 9.17) is 0 Å². The van der Waals surface area contributed by atoms with Crippen LogP contribution in [0, 0.1) is 11.8 Å². The number of carbonyl (C=O) groups is 1. The molecule has 2 unspecified atom stereocenters. The van der Waals surface area contributed by atoms with Crippen molar-refractivity contribution >= 4 is 5.78 Å². The summed E-state index contributed by atoms with van der Waals surface area (Å²) in [6, 6.07) is 0.787. The molecule has 2 saturated carbocycles. The Labute approximate surface area is 91.2 Å². The fourth-order valence-corrected chi connectivity index (χ4v) is 3.69. The first-order valence-electron chi connectivity index (χ1n) is 6.29. The van der Waals surface area contributed by atoms with E-state index < -0.39 is 0 Å². The molecule has 3 nitrogen and oxygen atoms in total. The lowest BCUT2D eigenvalue weighted by Gasteiger charge is -2.33. The molecular formula is C12H20N2O. The highest BCUT2D eigenvalue weighted by atomic mass is 16.1. The van der Waals surface area contributed by atoms with Gasteiger partial charge in [-0.2, -0.15) is 0 Å². The van der Waals surface area contributed by atoms with Crippen molar-refractivity contribution in [2.24, 2.45) is 11.8 Å². The molecule has 1 saturated heterocycles. The largest absolute Gasteiger partial charge is 0.314 e. The maximum Gasteiger partial charge on any atom is 0.133 e. The molecule has 0 amide bonds. The fourth-order valence-electron chi connectivity index (χ4n) is 3.69. The van der Waals surface area contributed by atoms with Crippen LogP contribution in [0.15, 0.2) is 0 Å². The SMILES string of the molecule is O=C1CC2CC(N3CCNCC3)CC2C1. The number of nitrogens with zero attached hydrogens (tertiary/aromatic N) is 1. The highest BCUT2D eigenvalue weighted by Crippen LogP contribution is 2.44. The molecule has 0 bridgehead atoms. The Balaban J connectivity index is 1.60. The standard InChI is InChI=1S/C12H20N2O/c15-12-7-9-5-11(6-10(9)8-12)14-3-1-13-2-4-14/h9-11,13H,1-8H2. The molecule has 3 aliphatic rings. The van der Waals surface area contributed by atoms with Crippen molar-refractivity contribution in [3.63, 3.8) is 0 Å². The molecule has 3 heteroatoms. The van der Waals surface area contributed by atoms with Gasteiger partial charge in [0.15, 0.2) is 0 Å². The summed E-state index contributed by atoms with van der Waals surface area (Å²) < 4.78 is 0. The molecule has 2 atom stereocenters. The zero-order valence-electron chi connectivity index (χ0n) is 9.24. The summed E-state index contributed by atoms with van der Waals surface area (Å²) in [5.74, 6) is 1.98. The van der Waals surface area contributed by atoms with Crippen LogP contribution in [0.4, 0.5) is 0 Å². The Hall–Kier alpha value is -0.410. The summed E-state index contributed by atoms with van der Waals surface area (Å²) in [6.07, 6.45) is 4.34. The van der Waals surface area contributed by atoms with Gasteiger partial charge in [0, 0.05) is 45.1 Å². The molecular weight excluding hydrogens is 188 g/mol. The van der Waals surface area contributed by atoms with Crippen molar-refractivity contribution in [1.82, 2.24) is 10.2 Å². The van der Waals surface area contributed by atoms with Crippen molar-refractivity contribution in [3.05, 3.63) is 0 Å². The summed E-state index contributed by atoms with van der Waals surface area (Å²) in [6.45, 7) is 4.70. The van der Waals surface area contributed by atoms with Crippen molar-refractivity contribution < 1.29 is 4.79 Å². The Bertz CT molecular complexity index is 244. The number of nitrogens with one attached hydrogen (secondary N) is 1. The molecule has 1 N–H and O–H groups in total. The minimum atomic E-state index is 0.517. The second-order valence-corrected chi connectivity index (χ2v) is 5.38. The van der Waals surface area contributed by atoms with E-state index in [1.165, 1.54) is 25.9 Å². The Morgan fingerprint density at radius 3 is 2.27 bits per heavy atom. The van der Waals surface area contributed by atoms with Crippen molar-refractivity contribution in [2.45, 2.75) is 31.7 Å². The third-order valence-corrected chi connectivity index (χ3v) is 4.46. The molecule has 84 valence electrons. The molecule has 2 aliphatic carbocycles. The minimum absolute atomic E-state index is 0.517. The monoisotopic (exact) mass is 208 g/mol. The van der Waals surface area contributed by atoms with Gasteiger partial charge in [0.05, 0.1) is 0 Å². The summed E-state index contributed by atoms with van der Waals surface area (Å²) >= 11 is 0. The van der Waals surface area contributed by atoms with Crippen LogP contribution >= 0.6 is 0 Å². The molecule has 0 aromatic carbocycles. The van der Waals surface area contributed by atoms with Gasteiger partial charge in [0.25, 0.3) is 0 Å². The van der Waals surface area contributed by atoms with Crippen molar-refractivity contribution in [3.8, 4) is 0 Å². The first kappa shape index (κ1) is 9.79. The lowest BCUT2D eigenvalue weighted by atomic mass is 10.0. The molecule has 0 spiro atoms. The molecule has 1 aliphatic heterocycles. The highest BCUT2D eigenvalue weighted by molar-refractivity contribution is 5.81. The van der Waals surface area contributed by atoms with Gasteiger partial charge in [-0.15, -0.1) is 0 Å². The van der Waals surface area contributed by atoms with Crippen molar-refractivity contribution in [1.29, 1.82) is 0 Å². The lowest BCUT2D eigenvalue weighted by molar-refractivity contribution is -0.117. The number of ketones is 1. The quantitative estimate of drug-likeness (QED) is 0.686. The van der Waals surface area contributed by atoms with Crippen LogP contribution in [0.5, 0.6) is 0 Å². The van der Waals surface area contributed by atoms with Crippen LogP contribution in [-0.2, 0) is 4.79 Å². The maximum absolute atomic E-state index is 11.3. The Morgan fingerprint density at radius 2 is 1.67 bits per heavy atom. The van der Waals surface area contributed by atoms with Gasteiger partial charge in [-0.1, -0.05) is 0 Å². The van der Waals surface area contributed by atoms with Crippen LogP contribution in [0.2, 0.25) is 0 Å². The molecule has 15 heavy (non-hydrogen) atoms. The third kappa shape index (κ3) is 1.83. The summed E-state index contributed by atoms with van der Waals surface area (Å²) in [7, 11) is 0. The molecule has 0 radical (unpaired) electrons. The first-order chi connectivity index (χ1) is 7.33. The second-order valence-electron chi connectivity index (χ2n) is 5.38. The fraction of sp³-hybridized carbons (Fsp3) is 0.917. The van der Waals surface area contributed by atoms with E-state index in [9.17, 15) is 4.79 Å². The second kappa shape index (κ2) is 3.87. The minimum Gasteiger partial charge on any atom is -0.314 e. The summed E-state index contributed by atoms with van der Waals surface area (Å²) in [5.41, 5.74) is 0. The number of carbonyl (C=O) groups excluding carboxylic acids is 1. The molecule has 3 fully saturated rings. The van der Waals surface area contributed by atoms with Gasteiger partial charge in [0.1, 0.15) is 5.78 Å². The zero-order chi connectivity index (χ0) is 10.3. The van der Waals surface area contributed by atoms with E-state index in [1.54, 1.807) is 0 Å². The smallest absolute Gasteiger partial charge is 0.133 e. The topological polar surface area (TPSA) is 32.3 Å². The number of Topliss-reactive ketones (excluding diaryl/α,β-unsaturated/α-hetero) is 1. The number of hydrogen-bond donors (Lipinski definition) is 1. The molecule has 0 aromatic rings. The number of fused-ring (bicyclic) bond motifs is 1. The zero-order valence-corrected chi connectivity index (χ0v) is 9.24. The van der Waals surface area contributed by atoms with Crippen LogP contribution < -0.4 is 5.32 Å². The van der Waals surface area contributed by atoms with Gasteiger partial charge in [0.2, 0.25) is 0 Å². The average molecular weight is 208 g/mol. The predicted molar refractivity (Wildman–Crippen MR) is 58.7 cm³/mol. The van der Waals surface area contributed by atoms with Gasteiger partial charge < -0.3 is 5.32 Å². The van der Waals surface area contributed by atoms with Crippen LogP contribution in [-0.4, -0.2) is 42.9 Å². The number of hydrogen-bond acceptors (Lipinski definition) is 3.